The minimum absolute atomic E-state index is 0.154. The Bertz CT molecular complexity index is 255. The molecule has 0 aromatic carbocycles. The zero-order valence-corrected chi connectivity index (χ0v) is 6.89. The SMILES string of the molecule is CC1=C([N+](=O)[O-])C=C(Cl)CC1. The Balaban J connectivity index is 2.98. The van der Waals surface area contributed by atoms with Crippen LogP contribution in [0.15, 0.2) is 22.4 Å². The Labute approximate surface area is 69.5 Å². The third kappa shape index (κ3) is 1.80. The molecule has 0 saturated carbocycles. The van der Waals surface area contributed by atoms with Crippen molar-refractivity contribution in [2.75, 3.05) is 0 Å². The van der Waals surface area contributed by atoms with Crippen molar-refractivity contribution in [3.8, 4) is 0 Å². The lowest BCUT2D eigenvalue weighted by Gasteiger charge is -2.06. The van der Waals surface area contributed by atoms with Crippen molar-refractivity contribution in [2.24, 2.45) is 0 Å². The van der Waals surface area contributed by atoms with Crippen molar-refractivity contribution in [3.05, 3.63) is 32.5 Å². The lowest BCUT2D eigenvalue weighted by atomic mass is 10.0. The van der Waals surface area contributed by atoms with E-state index in [0.29, 0.717) is 11.5 Å². The van der Waals surface area contributed by atoms with E-state index in [9.17, 15) is 10.1 Å². The molecule has 1 aliphatic carbocycles. The highest BCUT2D eigenvalue weighted by atomic mass is 35.5. The van der Waals surface area contributed by atoms with Gasteiger partial charge in [-0.2, -0.15) is 0 Å². The minimum atomic E-state index is -0.392. The molecule has 0 aromatic heterocycles. The van der Waals surface area contributed by atoms with Crippen LogP contribution in [-0.2, 0) is 0 Å². The monoisotopic (exact) mass is 173 g/mol. The van der Waals surface area contributed by atoms with Crippen molar-refractivity contribution in [1.29, 1.82) is 0 Å². The van der Waals surface area contributed by atoms with Gasteiger partial charge in [0.2, 0.25) is 0 Å². The van der Waals surface area contributed by atoms with Gasteiger partial charge in [-0.3, -0.25) is 10.1 Å². The first-order valence-corrected chi connectivity index (χ1v) is 3.69. The van der Waals surface area contributed by atoms with Crippen LogP contribution in [0.1, 0.15) is 19.8 Å². The number of nitrogens with zero attached hydrogens (tertiary/aromatic N) is 1. The van der Waals surface area contributed by atoms with Crippen LogP contribution >= 0.6 is 11.6 Å². The van der Waals surface area contributed by atoms with E-state index < -0.39 is 4.92 Å². The second-order valence-corrected chi connectivity index (χ2v) is 3.00. The van der Waals surface area contributed by atoms with Gasteiger partial charge in [0.05, 0.1) is 4.92 Å². The van der Waals surface area contributed by atoms with Crippen molar-refractivity contribution in [3.63, 3.8) is 0 Å². The van der Waals surface area contributed by atoms with Crippen LogP contribution in [0.25, 0.3) is 0 Å². The largest absolute Gasteiger partial charge is 0.269 e. The highest BCUT2D eigenvalue weighted by molar-refractivity contribution is 6.29. The maximum absolute atomic E-state index is 10.4. The van der Waals surface area contributed by atoms with Crippen molar-refractivity contribution in [2.45, 2.75) is 19.8 Å². The van der Waals surface area contributed by atoms with Gasteiger partial charge in [-0.05, 0) is 19.8 Å². The average Bonchev–Trinajstić information content (AvgIpc) is 1.94. The summed E-state index contributed by atoms with van der Waals surface area (Å²) < 4.78 is 0. The van der Waals surface area contributed by atoms with Gasteiger partial charge < -0.3 is 0 Å². The molecule has 0 bridgehead atoms. The van der Waals surface area contributed by atoms with Gasteiger partial charge in [0.25, 0.3) is 5.70 Å². The first-order chi connectivity index (χ1) is 5.11. The average molecular weight is 174 g/mol. The Morgan fingerprint density at radius 2 is 2.27 bits per heavy atom. The van der Waals surface area contributed by atoms with Gasteiger partial charge in [-0.15, -0.1) is 0 Å². The predicted octanol–water partition coefficient (Wildman–Crippen LogP) is 2.45. The Kier molecular flexibility index (Phi) is 2.29. The van der Waals surface area contributed by atoms with Gasteiger partial charge in [-0.1, -0.05) is 11.6 Å². The van der Waals surface area contributed by atoms with Gasteiger partial charge in [0.1, 0.15) is 0 Å². The van der Waals surface area contributed by atoms with E-state index in [4.69, 9.17) is 11.6 Å². The highest BCUT2D eigenvalue weighted by Crippen LogP contribution is 2.25. The van der Waals surface area contributed by atoms with E-state index in [-0.39, 0.29) is 5.70 Å². The summed E-state index contributed by atoms with van der Waals surface area (Å²) >= 11 is 5.64. The molecular formula is C7H8ClNO2. The molecule has 60 valence electrons. The molecule has 11 heavy (non-hydrogen) atoms. The molecule has 1 rings (SSSR count). The molecule has 0 unspecified atom stereocenters. The molecule has 0 heterocycles. The lowest BCUT2D eigenvalue weighted by molar-refractivity contribution is -0.420. The summed E-state index contributed by atoms with van der Waals surface area (Å²) in [6.07, 6.45) is 2.86. The maximum Gasteiger partial charge on any atom is 0.269 e. The van der Waals surface area contributed by atoms with Gasteiger partial charge in [0, 0.05) is 16.7 Å². The number of nitro groups is 1. The topological polar surface area (TPSA) is 43.1 Å². The summed E-state index contributed by atoms with van der Waals surface area (Å²) in [4.78, 5) is 9.96. The standard InChI is InChI=1S/C7H8ClNO2/c1-5-2-3-6(8)4-7(5)9(10)11/h4H,2-3H2,1H3. The predicted molar refractivity (Wildman–Crippen MR) is 42.9 cm³/mol. The highest BCUT2D eigenvalue weighted by Gasteiger charge is 2.17. The van der Waals surface area contributed by atoms with Gasteiger partial charge >= 0.3 is 0 Å². The quantitative estimate of drug-likeness (QED) is 0.452. The molecule has 0 aromatic rings. The van der Waals surface area contributed by atoms with Crippen LogP contribution in [0.3, 0.4) is 0 Å². The van der Waals surface area contributed by atoms with E-state index in [2.05, 4.69) is 0 Å². The molecule has 1 aliphatic rings. The summed E-state index contributed by atoms with van der Waals surface area (Å²) in [5, 5.41) is 10.9. The zero-order chi connectivity index (χ0) is 8.43. The molecule has 0 radical (unpaired) electrons. The Morgan fingerprint density at radius 1 is 1.64 bits per heavy atom. The third-order valence-corrected chi connectivity index (χ3v) is 1.96. The molecule has 0 amide bonds. The van der Waals surface area contributed by atoms with Gasteiger partial charge in [-0.25, -0.2) is 0 Å². The molecule has 3 nitrogen and oxygen atoms in total. The van der Waals surface area contributed by atoms with E-state index in [0.717, 1.165) is 12.0 Å². The summed E-state index contributed by atoms with van der Waals surface area (Å²) in [6, 6.07) is 0. The minimum Gasteiger partial charge on any atom is -0.258 e. The summed E-state index contributed by atoms with van der Waals surface area (Å²) in [6.45, 7) is 1.76. The first kappa shape index (κ1) is 8.27. The number of hydrogen-bond acceptors (Lipinski definition) is 2. The number of rotatable bonds is 1. The number of halogens is 1. The van der Waals surface area contributed by atoms with Crippen molar-refractivity contribution < 1.29 is 4.92 Å². The molecule has 0 spiro atoms. The van der Waals surface area contributed by atoms with Crippen LogP contribution in [0, 0.1) is 10.1 Å². The van der Waals surface area contributed by atoms with Crippen LogP contribution in [0.4, 0.5) is 0 Å². The van der Waals surface area contributed by atoms with Crippen LogP contribution < -0.4 is 0 Å². The second-order valence-electron chi connectivity index (χ2n) is 2.51. The zero-order valence-electron chi connectivity index (χ0n) is 6.13. The van der Waals surface area contributed by atoms with Gasteiger partial charge in [0.15, 0.2) is 0 Å². The first-order valence-electron chi connectivity index (χ1n) is 3.31. The summed E-state index contributed by atoms with van der Waals surface area (Å²) in [5.74, 6) is 0. The van der Waals surface area contributed by atoms with Crippen LogP contribution in [0.5, 0.6) is 0 Å². The van der Waals surface area contributed by atoms with E-state index in [1.807, 2.05) is 0 Å². The smallest absolute Gasteiger partial charge is 0.258 e. The Hall–Kier alpha value is -0.830. The second kappa shape index (κ2) is 3.05. The van der Waals surface area contributed by atoms with E-state index >= 15 is 0 Å². The Morgan fingerprint density at radius 3 is 2.73 bits per heavy atom. The lowest BCUT2D eigenvalue weighted by Crippen LogP contribution is -2.03. The van der Waals surface area contributed by atoms with E-state index in [1.165, 1.54) is 6.08 Å². The molecule has 0 atom stereocenters. The molecule has 0 saturated heterocycles. The number of allylic oxidation sites excluding steroid dienone is 3. The third-order valence-electron chi connectivity index (χ3n) is 1.67. The van der Waals surface area contributed by atoms with Crippen LogP contribution in [0.2, 0.25) is 0 Å². The van der Waals surface area contributed by atoms with Crippen molar-refractivity contribution in [1.82, 2.24) is 0 Å². The fraction of sp³-hybridized carbons (Fsp3) is 0.429. The molecule has 0 N–H and O–H groups in total. The van der Waals surface area contributed by atoms with Crippen molar-refractivity contribution >= 4 is 11.6 Å². The number of hydrogen-bond donors (Lipinski definition) is 0. The fourth-order valence-electron chi connectivity index (χ4n) is 0.987. The fourth-order valence-corrected chi connectivity index (χ4v) is 1.19. The normalized spacial score (nSPS) is 18.2. The molecule has 4 heteroatoms. The molecule has 0 fully saturated rings. The maximum atomic E-state index is 10.4. The summed E-state index contributed by atoms with van der Waals surface area (Å²) in [7, 11) is 0. The van der Waals surface area contributed by atoms with E-state index in [1.54, 1.807) is 6.92 Å². The molecule has 0 aliphatic heterocycles. The molecular weight excluding hydrogens is 166 g/mol. The van der Waals surface area contributed by atoms with Crippen LogP contribution in [-0.4, -0.2) is 4.92 Å². The summed E-state index contributed by atoms with van der Waals surface area (Å²) in [5.41, 5.74) is 0.959.